The predicted octanol–water partition coefficient (Wildman–Crippen LogP) is -0.301. The highest BCUT2D eigenvalue weighted by molar-refractivity contribution is 7.92. The first-order valence-corrected chi connectivity index (χ1v) is 10.0. The van der Waals surface area contributed by atoms with Crippen LogP contribution in [0.1, 0.15) is 6.42 Å². The van der Waals surface area contributed by atoms with E-state index in [-0.39, 0.29) is 30.3 Å². The summed E-state index contributed by atoms with van der Waals surface area (Å²) in [5.41, 5.74) is 0.671. The van der Waals surface area contributed by atoms with Crippen LogP contribution in [0, 0.1) is 5.92 Å². The summed E-state index contributed by atoms with van der Waals surface area (Å²) in [5, 5.41) is 5.01. The van der Waals surface area contributed by atoms with E-state index >= 15 is 0 Å². The molecular weight excluding hydrogens is 330 g/mol. The van der Waals surface area contributed by atoms with Gasteiger partial charge in [-0.15, -0.1) is 0 Å². The summed E-state index contributed by atoms with van der Waals surface area (Å²) in [6.45, 7) is 0.178. The normalized spacial score (nSPS) is 19.5. The molecule has 1 aliphatic rings. The molecule has 10 heteroatoms. The highest BCUT2D eigenvalue weighted by atomic mass is 32.2. The molecular formula is C12H17N3O5S2. The number of rotatable bonds is 5. The number of carbonyl (C=O) groups is 1. The predicted molar refractivity (Wildman–Crippen MR) is 83.3 cm³/mol. The van der Waals surface area contributed by atoms with Gasteiger partial charge in [-0.2, -0.15) is 0 Å². The fourth-order valence-electron chi connectivity index (χ4n) is 2.45. The number of hydrogen-bond acceptors (Lipinski definition) is 5. The molecule has 0 saturated carbocycles. The van der Waals surface area contributed by atoms with Crippen LogP contribution in [-0.4, -0.2) is 41.3 Å². The van der Waals surface area contributed by atoms with Gasteiger partial charge in [0.2, 0.25) is 26.0 Å². The number of sulfonamides is 2. The number of amides is 1. The molecule has 0 aromatic heterocycles. The van der Waals surface area contributed by atoms with Crippen LogP contribution in [0.15, 0.2) is 24.3 Å². The van der Waals surface area contributed by atoms with Crippen LogP contribution in [0.3, 0.4) is 0 Å². The highest BCUT2D eigenvalue weighted by Crippen LogP contribution is 2.32. The Labute approximate surface area is 129 Å². The number of primary sulfonamides is 1. The molecule has 1 atom stereocenters. The van der Waals surface area contributed by atoms with E-state index in [2.05, 4.69) is 4.72 Å². The molecule has 8 nitrogen and oxygen atoms in total. The Morgan fingerprint density at radius 1 is 1.27 bits per heavy atom. The molecule has 1 aromatic rings. The number of nitrogens with one attached hydrogen (secondary N) is 1. The van der Waals surface area contributed by atoms with Crippen LogP contribution < -0.4 is 14.8 Å². The van der Waals surface area contributed by atoms with Crippen molar-refractivity contribution in [3.8, 4) is 0 Å². The summed E-state index contributed by atoms with van der Waals surface area (Å²) in [6, 6.07) is 6.45. The van der Waals surface area contributed by atoms with Gasteiger partial charge < -0.3 is 4.90 Å². The Balaban J connectivity index is 2.27. The van der Waals surface area contributed by atoms with Gasteiger partial charge in [0.15, 0.2) is 0 Å². The summed E-state index contributed by atoms with van der Waals surface area (Å²) >= 11 is 0. The number of benzene rings is 1. The van der Waals surface area contributed by atoms with Crippen molar-refractivity contribution in [3.63, 3.8) is 0 Å². The quantitative estimate of drug-likeness (QED) is 0.756. The molecule has 0 radical (unpaired) electrons. The van der Waals surface area contributed by atoms with Crippen molar-refractivity contribution in [3.05, 3.63) is 24.3 Å². The summed E-state index contributed by atoms with van der Waals surface area (Å²) in [6.07, 6.45) is 1.07. The second kappa shape index (κ2) is 5.86. The number of anilines is 2. The maximum absolute atomic E-state index is 12.1. The third kappa shape index (κ3) is 4.42. The Morgan fingerprint density at radius 2 is 1.91 bits per heavy atom. The topological polar surface area (TPSA) is 127 Å². The summed E-state index contributed by atoms with van der Waals surface area (Å²) in [5.74, 6) is -0.957. The molecule has 3 N–H and O–H groups in total. The van der Waals surface area contributed by atoms with Crippen molar-refractivity contribution in [1.82, 2.24) is 0 Å². The minimum Gasteiger partial charge on any atom is -0.310 e. The lowest BCUT2D eigenvalue weighted by atomic mass is 10.1. The lowest BCUT2D eigenvalue weighted by molar-refractivity contribution is -0.117. The van der Waals surface area contributed by atoms with Crippen LogP contribution in [-0.2, 0) is 24.8 Å². The molecule has 1 unspecified atom stereocenters. The van der Waals surface area contributed by atoms with Crippen molar-refractivity contribution in [2.24, 2.45) is 11.1 Å². The molecule has 1 amide bonds. The Morgan fingerprint density at radius 3 is 2.50 bits per heavy atom. The Hall–Kier alpha value is -1.65. The van der Waals surface area contributed by atoms with Crippen LogP contribution in [0.5, 0.6) is 0 Å². The fraction of sp³-hybridized carbons (Fsp3) is 0.417. The molecule has 2 rings (SSSR count). The third-order valence-corrected chi connectivity index (χ3v) is 4.69. The average Bonchev–Trinajstić information content (AvgIpc) is 2.66. The lowest BCUT2D eigenvalue weighted by Gasteiger charge is -2.20. The van der Waals surface area contributed by atoms with Gasteiger partial charge in [-0.3, -0.25) is 9.52 Å². The van der Waals surface area contributed by atoms with E-state index in [9.17, 15) is 21.6 Å². The van der Waals surface area contributed by atoms with Gasteiger partial charge in [-0.1, -0.05) is 12.1 Å². The summed E-state index contributed by atoms with van der Waals surface area (Å²) in [7, 11) is -7.16. The molecule has 122 valence electrons. The minimum atomic E-state index is -3.67. The largest absolute Gasteiger partial charge is 0.310 e. The van der Waals surface area contributed by atoms with Crippen molar-refractivity contribution in [2.45, 2.75) is 6.42 Å². The lowest BCUT2D eigenvalue weighted by Crippen LogP contribution is -2.28. The zero-order valence-corrected chi connectivity index (χ0v) is 13.5. The highest BCUT2D eigenvalue weighted by Gasteiger charge is 2.33. The second-order valence-electron chi connectivity index (χ2n) is 5.30. The van der Waals surface area contributed by atoms with Crippen molar-refractivity contribution in [2.75, 3.05) is 28.2 Å². The SMILES string of the molecule is CS(=O)(=O)Nc1ccccc1N1CC(CS(N)(=O)=O)CC1=O. The molecule has 1 fully saturated rings. The van der Waals surface area contributed by atoms with Crippen LogP contribution >= 0.6 is 0 Å². The number of nitrogens with two attached hydrogens (primary N) is 1. The molecule has 0 aliphatic carbocycles. The second-order valence-corrected chi connectivity index (χ2v) is 8.70. The van der Waals surface area contributed by atoms with Gasteiger partial charge in [0.25, 0.3) is 0 Å². The number of hydrogen-bond donors (Lipinski definition) is 2. The van der Waals surface area contributed by atoms with Gasteiger partial charge in [0.05, 0.1) is 23.4 Å². The average molecular weight is 347 g/mol. The van der Waals surface area contributed by atoms with Gasteiger partial charge in [-0.05, 0) is 12.1 Å². The van der Waals surface area contributed by atoms with E-state index in [0.29, 0.717) is 5.69 Å². The number of carbonyl (C=O) groups excluding carboxylic acids is 1. The van der Waals surface area contributed by atoms with E-state index < -0.39 is 26.0 Å². The van der Waals surface area contributed by atoms with E-state index in [1.165, 1.54) is 11.0 Å². The Kier molecular flexibility index (Phi) is 4.45. The maximum Gasteiger partial charge on any atom is 0.229 e. The minimum absolute atomic E-state index is 0.0592. The van der Waals surface area contributed by atoms with E-state index in [0.717, 1.165) is 6.26 Å². The van der Waals surface area contributed by atoms with Crippen LogP contribution in [0.2, 0.25) is 0 Å². The molecule has 1 saturated heterocycles. The van der Waals surface area contributed by atoms with E-state index in [1.807, 2.05) is 0 Å². The summed E-state index contributed by atoms with van der Waals surface area (Å²) in [4.78, 5) is 13.5. The van der Waals surface area contributed by atoms with Crippen LogP contribution in [0.25, 0.3) is 0 Å². The van der Waals surface area contributed by atoms with Gasteiger partial charge in [-0.25, -0.2) is 22.0 Å². The number of nitrogens with zero attached hydrogens (tertiary/aromatic N) is 1. The van der Waals surface area contributed by atoms with Crippen LogP contribution in [0.4, 0.5) is 11.4 Å². The first-order chi connectivity index (χ1) is 10.1. The molecule has 0 spiro atoms. The van der Waals surface area contributed by atoms with Gasteiger partial charge in [0, 0.05) is 18.9 Å². The maximum atomic E-state index is 12.1. The van der Waals surface area contributed by atoms with Crippen molar-refractivity contribution < 1.29 is 21.6 Å². The molecule has 0 bridgehead atoms. The van der Waals surface area contributed by atoms with E-state index in [4.69, 9.17) is 5.14 Å². The smallest absolute Gasteiger partial charge is 0.229 e. The molecule has 1 aliphatic heterocycles. The zero-order chi connectivity index (χ0) is 16.5. The first kappa shape index (κ1) is 16.7. The van der Waals surface area contributed by atoms with Crippen molar-refractivity contribution in [1.29, 1.82) is 0 Å². The first-order valence-electron chi connectivity index (χ1n) is 6.43. The standard InChI is InChI=1S/C12H17N3O5S2/c1-21(17,18)14-10-4-2-3-5-11(10)15-7-9(6-12(15)16)8-22(13,19)20/h2-5,9,14H,6-8H2,1H3,(H2,13,19,20). The fourth-order valence-corrected chi connectivity index (χ4v) is 3.90. The zero-order valence-electron chi connectivity index (χ0n) is 11.9. The Bertz CT molecular complexity index is 789. The molecule has 22 heavy (non-hydrogen) atoms. The third-order valence-electron chi connectivity index (χ3n) is 3.16. The number of para-hydroxylation sites is 2. The molecule has 1 heterocycles. The van der Waals surface area contributed by atoms with Gasteiger partial charge in [0.1, 0.15) is 0 Å². The van der Waals surface area contributed by atoms with E-state index in [1.54, 1.807) is 18.2 Å². The van der Waals surface area contributed by atoms with Crippen molar-refractivity contribution >= 4 is 37.3 Å². The molecule has 1 aromatic carbocycles. The summed E-state index contributed by atoms with van der Waals surface area (Å²) < 4.78 is 47.4. The monoisotopic (exact) mass is 347 g/mol. The van der Waals surface area contributed by atoms with Gasteiger partial charge >= 0.3 is 0 Å².